The first-order chi connectivity index (χ1) is 9.49. The summed E-state index contributed by atoms with van der Waals surface area (Å²) in [5, 5.41) is 6.22. The molecule has 0 atom stereocenters. The minimum Gasteiger partial charge on any atom is -0.493 e. The van der Waals surface area contributed by atoms with Gasteiger partial charge in [0.25, 0.3) is 0 Å². The zero-order valence-electron chi connectivity index (χ0n) is 12.9. The van der Waals surface area contributed by atoms with Gasteiger partial charge in [0.05, 0.1) is 13.0 Å². The Morgan fingerprint density at radius 3 is 2.50 bits per heavy atom. The molecule has 0 fully saturated rings. The van der Waals surface area contributed by atoms with E-state index in [9.17, 15) is 4.79 Å². The Hall–Kier alpha value is -1.55. The standard InChI is InChI=1S/C16H26N2O2/c1-12(2)17-11-14-7-5-6-8-15(14)20-10-9-16(19)18-13(3)4/h5-8,12-13,17H,9-11H2,1-4H3,(H,18,19). The quantitative estimate of drug-likeness (QED) is 0.768. The van der Waals surface area contributed by atoms with Crippen LogP contribution in [0.2, 0.25) is 0 Å². The first-order valence-electron chi connectivity index (χ1n) is 7.22. The number of hydrogen-bond acceptors (Lipinski definition) is 3. The molecule has 2 N–H and O–H groups in total. The van der Waals surface area contributed by atoms with Crippen LogP contribution in [-0.2, 0) is 11.3 Å². The van der Waals surface area contributed by atoms with E-state index in [-0.39, 0.29) is 11.9 Å². The molecule has 1 rings (SSSR count). The molecule has 4 heteroatoms. The molecule has 20 heavy (non-hydrogen) atoms. The highest BCUT2D eigenvalue weighted by Gasteiger charge is 2.06. The molecule has 0 bridgehead atoms. The fourth-order valence-corrected chi connectivity index (χ4v) is 1.75. The van der Waals surface area contributed by atoms with Crippen molar-refractivity contribution in [2.75, 3.05) is 6.61 Å². The molecule has 0 aliphatic heterocycles. The molecule has 1 aromatic carbocycles. The molecule has 0 spiro atoms. The Morgan fingerprint density at radius 2 is 1.85 bits per heavy atom. The largest absolute Gasteiger partial charge is 0.493 e. The normalized spacial score (nSPS) is 10.9. The maximum atomic E-state index is 11.5. The molecule has 0 radical (unpaired) electrons. The van der Waals surface area contributed by atoms with Crippen molar-refractivity contribution in [3.05, 3.63) is 29.8 Å². The SMILES string of the molecule is CC(C)NCc1ccccc1OCCC(=O)NC(C)C. The zero-order valence-corrected chi connectivity index (χ0v) is 12.9. The fraction of sp³-hybridized carbons (Fsp3) is 0.562. The van der Waals surface area contributed by atoms with E-state index in [0.717, 1.165) is 17.9 Å². The van der Waals surface area contributed by atoms with Crippen molar-refractivity contribution in [1.82, 2.24) is 10.6 Å². The van der Waals surface area contributed by atoms with Crippen molar-refractivity contribution < 1.29 is 9.53 Å². The van der Waals surface area contributed by atoms with E-state index in [4.69, 9.17) is 4.74 Å². The lowest BCUT2D eigenvalue weighted by atomic mass is 10.2. The molecule has 1 amide bonds. The number of para-hydroxylation sites is 1. The highest BCUT2D eigenvalue weighted by Crippen LogP contribution is 2.18. The van der Waals surface area contributed by atoms with Crippen molar-refractivity contribution in [1.29, 1.82) is 0 Å². The molecule has 0 saturated heterocycles. The number of rotatable bonds is 8. The van der Waals surface area contributed by atoms with Gasteiger partial charge in [-0.25, -0.2) is 0 Å². The minimum absolute atomic E-state index is 0.0257. The topological polar surface area (TPSA) is 50.4 Å². The van der Waals surface area contributed by atoms with Crippen LogP contribution in [0.15, 0.2) is 24.3 Å². The van der Waals surface area contributed by atoms with Gasteiger partial charge in [-0.3, -0.25) is 4.79 Å². The second-order valence-corrected chi connectivity index (χ2v) is 5.46. The molecule has 112 valence electrons. The summed E-state index contributed by atoms with van der Waals surface area (Å²) < 4.78 is 5.72. The first kappa shape index (κ1) is 16.5. The molecule has 4 nitrogen and oxygen atoms in total. The van der Waals surface area contributed by atoms with Gasteiger partial charge in [-0.05, 0) is 19.9 Å². The Kier molecular flexibility index (Phi) is 7.09. The molecule has 0 aromatic heterocycles. The Bertz CT molecular complexity index is 417. The third-order valence-corrected chi connectivity index (χ3v) is 2.71. The Labute approximate surface area is 121 Å². The van der Waals surface area contributed by atoms with Crippen LogP contribution >= 0.6 is 0 Å². The first-order valence-corrected chi connectivity index (χ1v) is 7.22. The van der Waals surface area contributed by atoms with Crippen LogP contribution in [0.5, 0.6) is 5.75 Å². The number of ether oxygens (including phenoxy) is 1. The number of benzene rings is 1. The van der Waals surface area contributed by atoms with E-state index in [1.165, 1.54) is 0 Å². The molecule has 0 heterocycles. The second kappa shape index (κ2) is 8.59. The van der Waals surface area contributed by atoms with Gasteiger partial charge >= 0.3 is 0 Å². The van der Waals surface area contributed by atoms with Gasteiger partial charge in [0.1, 0.15) is 5.75 Å². The van der Waals surface area contributed by atoms with Gasteiger partial charge in [-0.1, -0.05) is 32.0 Å². The number of hydrogen-bond donors (Lipinski definition) is 2. The lowest BCUT2D eigenvalue weighted by Gasteiger charge is -2.14. The van der Waals surface area contributed by atoms with Gasteiger partial charge in [-0.15, -0.1) is 0 Å². The maximum absolute atomic E-state index is 11.5. The van der Waals surface area contributed by atoms with Crippen molar-refractivity contribution in [3.8, 4) is 5.75 Å². The molecule has 0 unspecified atom stereocenters. The fourth-order valence-electron chi connectivity index (χ4n) is 1.75. The Balaban J connectivity index is 2.45. The van der Waals surface area contributed by atoms with Gasteiger partial charge in [0.15, 0.2) is 0 Å². The summed E-state index contributed by atoms with van der Waals surface area (Å²) in [5.41, 5.74) is 1.12. The summed E-state index contributed by atoms with van der Waals surface area (Å²) in [5.74, 6) is 0.871. The van der Waals surface area contributed by atoms with Gasteiger partial charge in [-0.2, -0.15) is 0 Å². The molecule has 1 aromatic rings. The van der Waals surface area contributed by atoms with Crippen LogP contribution < -0.4 is 15.4 Å². The molecule has 0 aliphatic carbocycles. The van der Waals surface area contributed by atoms with Crippen LogP contribution in [0.4, 0.5) is 0 Å². The smallest absolute Gasteiger partial charge is 0.223 e. The molecular formula is C16H26N2O2. The molecule has 0 saturated carbocycles. The third kappa shape index (κ3) is 6.57. The lowest BCUT2D eigenvalue weighted by molar-refractivity contribution is -0.122. The Morgan fingerprint density at radius 1 is 1.15 bits per heavy atom. The zero-order chi connectivity index (χ0) is 15.0. The number of carbonyl (C=O) groups excluding carboxylic acids is 1. The summed E-state index contributed by atoms with van der Waals surface area (Å²) in [4.78, 5) is 11.5. The van der Waals surface area contributed by atoms with Crippen LogP contribution in [0.1, 0.15) is 39.7 Å². The average molecular weight is 278 g/mol. The van der Waals surface area contributed by atoms with Gasteiger partial charge < -0.3 is 15.4 Å². The summed E-state index contributed by atoms with van der Waals surface area (Å²) in [6, 6.07) is 8.53. The third-order valence-electron chi connectivity index (χ3n) is 2.71. The highest BCUT2D eigenvalue weighted by atomic mass is 16.5. The monoisotopic (exact) mass is 278 g/mol. The molecule has 0 aliphatic rings. The average Bonchev–Trinajstić information content (AvgIpc) is 2.36. The van der Waals surface area contributed by atoms with Crippen LogP contribution in [-0.4, -0.2) is 24.6 Å². The number of nitrogens with one attached hydrogen (secondary N) is 2. The minimum atomic E-state index is 0.0257. The summed E-state index contributed by atoms with van der Waals surface area (Å²) in [6.45, 7) is 9.29. The van der Waals surface area contributed by atoms with Crippen LogP contribution in [0.3, 0.4) is 0 Å². The number of amides is 1. The van der Waals surface area contributed by atoms with Crippen LogP contribution in [0.25, 0.3) is 0 Å². The van der Waals surface area contributed by atoms with Crippen molar-refractivity contribution in [3.63, 3.8) is 0 Å². The van der Waals surface area contributed by atoms with E-state index in [1.54, 1.807) is 0 Å². The van der Waals surface area contributed by atoms with Gasteiger partial charge in [0.2, 0.25) is 5.91 Å². The van der Waals surface area contributed by atoms with Crippen molar-refractivity contribution >= 4 is 5.91 Å². The second-order valence-electron chi connectivity index (χ2n) is 5.46. The predicted octanol–water partition coefficient (Wildman–Crippen LogP) is 2.48. The van der Waals surface area contributed by atoms with E-state index in [1.807, 2.05) is 38.1 Å². The van der Waals surface area contributed by atoms with E-state index < -0.39 is 0 Å². The number of carbonyl (C=O) groups is 1. The van der Waals surface area contributed by atoms with E-state index >= 15 is 0 Å². The van der Waals surface area contributed by atoms with Crippen LogP contribution in [0, 0.1) is 0 Å². The summed E-state index contributed by atoms with van der Waals surface area (Å²) in [6.07, 6.45) is 0.379. The predicted molar refractivity (Wildman–Crippen MR) is 81.8 cm³/mol. The van der Waals surface area contributed by atoms with Crippen molar-refractivity contribution in [2.45, 2.75) is 52.7 Å². The lowest BCUT2D eigenvalue weighted by Crippen LogP contribution is -2.31. The van der Waals surface area contributed by atoms with Gasteiger partial charge in [0, 0.05) is 24.2 Å². The summed E-state index contributed by atoms with van der Waals surface area (Å²) in [7, 11) is 0. The van der Waals surface area contributed by atoms with Crippen molar-refractivity contribution in [2.24, 2.45) is 0 Å². The molecular weight excluding hydrogens is 252 g/mol. The van der Waals surface area contributed by atoms with E-state index in [2.05, 4.69) is 24.5 Å². The highest BCUT2D eigenvalue weighted by molar-refractivity contribution is 5.76. The summed E-state index contributed by atoms with van der Waals surface area (Å²) >= 11 is 0. The maximum Gasteiger partial charge on any atom is 0.223 e. The van der Waals surface area contributed by atoms with E-state index in [0.29, 0.717) is 19.1 Å².